The van der Waals surface area contributed by atoms with Crippen molar-refractivity contribution in [1.29, 1.82) is 0 Å². The van der Waals surface area contributed by atoms with Gasteiger partial charge in [0.15, 0.2) is 0 Å². The number of para-hydroxylation sites is 1. The molecule has 0 aliphatic carbocycles. The Morgan fingerprint density at radius 2 is 1.81 bits per heavy atom. The first kappa shape index (κ1) is 20.9. The Hall–Kier alpha value is -0.397. The molecular weight excluding hydrogens is 298 g/mol. The predicted molar refractivity (Wildman–Crippen MR) is 54.0 cm³/mol. The van der Waals surface area contributed by atoms with Crippen LogP contribution < -0.4 is 29.7 Å². The summed E-state index contributed by atoms with van der Waals surface area (Å²) in [5, 5.41) is 0. The Labute approximate surface area is 121 Å². The van der Waals surface area contributed by atoms with E-state index in [0.29, 0.717) is 6.54 Å². The number of rotatable bonds is 4. The molecule has 0 amide bonds. The van der Waals surface area contributed by atoms with Crippen LogP contribution in [0.1, 0.15) is 6.92 Å². The van der Waals surface area contributed by atoms with Crippen LogP contribution >= 0.6 is 0 Å². The third-order valence-corrected chi connectivity index (χ3v) is 1.89. The Morgan fingerprint density at radius 1 is 1.25 bits per heavy atom. The molecule has 0 bridgehead atoms. The summed E-state index contributed by atoms with van der Waals surface area (Å²) in [6, 6.07) is 10.0. The molecular formula is C10H13Cl2N3Zn. The molecule has 0 saturated carbocycles. The van der Waals surface area contributed by atoms with Gasteiger partial charge in [0, 0.05) is 12.2 Å². The molecule has 0 unspecified atom stereocenters. The van der Waals surface area contributed by atoms with Crippen molar-refractivity contribution < 1.29 is 49.1 Å². The van der Waals surface area contributed by atoms with Gasteiger partial charge in [0.2, 0.25) is 0 Å². The second-order valence-electron chi connectivity index (χ2n) is 2.67. The minimum atomic E-state index is 0. The molecule has 0 aliphatic heterocycles. The number of benzene rings is 1. The van der Waals surface area contributed by atoms with Crippen molar-refractivity contribution >= 4 is 11.9 Å². The van der Waals surface area contributed by atoms with Gasteiger partial charge in [-0.3, -0.25) is 0 Å². The van der Waals surface area contributed by atoms with E-state index in [0.717, 1.165) is 12.2 Å². The van der Waals surface area contributed by atoms with Gasteiger partial charge in [-0.15, -0.1) is 0 Å². The Bertz CT molecular complexity index is 302. The zero-order valence-electron chi connectivity index (χ0n) is 9.18. The third kappa shape index (κ3) is 6.97. The zero-order valence-corrected chi connectivity index (χ0v) is 13.7. The fourth-order valence-electron chi connectivity index (χ4n) is 1.19. The first-order valence-corrected chi connectivity index (χ1v) is 4.34. The van der Waals surface area contributed by atoms with Crippen LogP contribution in [0.2, 0.25) is 0 Å². The molecule has 0 N–H and O–H groups in total. The van der Waals surface area contributed by atoms with Crippen molar-refractivity contribution in [1.82, 2.24) is 0 Å². The molecule has 0 radical (unpaired) electrons. The van der Waals surface area contributed by atoms with E-state index in [1.54, 1.807) is 0 Å². The second-order valence-corrected chi connectivity index (χ2v) is 2.67. The van der Waals surface area contributed by atoms with Crippen LogP contribution in [0.4, 0.5) is 5.69 Å². The van der Waals surface area contributed by atoms with E-state index in [9.17, 15) is 0 Å². The Balaban J connectivity index is -0.000000563. The fraction of sp³-hybridized carbons (Fsp3) is 0.300. The van der Waals surface area contributed by atoms with Gasteiger partial charge in [-0.05, 0) is 19.1 Å². The van der Waals surface area contributed by atoms with Gasteiger partial charge >= 0.3 is 19.5 Å². The van der Waals surface area contributed by atoms with Crippen LogP contribution in [0.3, 0.4) is 0 Å². The van der Waals surface area contributed by atoms with Crippen LogP contribution in [-0.4, -0.2) is 24.1 Å². The van der Waals surface area contributed by atoms with E-state index in [1.165, 1.54) is 6.21 Å². The SMILES string of the molecule is CCN(CC=[N+]=[N-])c1ccccc1.[Cl-].[Cl-].[Zn+2]. The maximum atomic E-state index is 8.30. The van der Waals surface area contributed by atoms with E-state index in [-0.39, 0.29) is 44.3 Å². The molecule has 16 heavy (non-hydrogen) atoms. The van der Waals surface area contributed by atoms with Crippen LogP contribution in [-0.2, 0) is 19.5 Å². The summed E-state index contributed by atoms with van der Waals surface area (Å²) < 4.78 is 0. The molecule has 6 heteroatoms. The van der Waals surface area contributed by atoms with Crippen LogP contribution in [0, 0.1) is 0 Å². The fourth-order valence-corrected chi connectivity index (χ4v) is 1.19. The summed E-state index contributed by atoms with van der Waals surface area (Å²) in [6.45, 7) is 3.60. The van der Waals surface area contributed by atoms with Crippen LogP contribution in [0.5, 0.6) is 0 Å². The quantitative estimate of drug-likeness (QED) is 0.241. The summed E-state index contributed by atoms with van der Waals surface area (Å²) >= 11 is 0. The van der Waals surface area contributed by atoms with Crippen molar-refractivity contribution in [3.05, 3.63) is 35.9 Å². The van der Waals surface area contributed by atoms with E-state index in [4.69, 9.17) is 5.53 Å². The minimum Gasteiger partial charge on any atom is -1.00 e. The number of halogens is 2. The summed E-state index contributed by atoms with van der Waals surface area (Å²) in [7, 11) is 0. The van der Waals surface area contributed by atoms with Crippen molar-refractivity contribution in [2.75, 3.05) is 18.0 Å². The molecule has 3 nitrogen and oxygen atoms in total. The summed E-state index contributed by atoms with van der Waals surface area (Å²) in [6.07, 6.45) is 1.48. The first-order valence-electron chi connectivity index (χ1n) is 4.34. The monoisotopic (exact) mass is 309 g/mol. The van der Waals surface area contributed by atoms with Gasteiger partial charge in [0.25, 0.3) is 6.21 Å². The molecule has 1 rings (SSSR count). The molecule has 84 valence electrons. The number of hydrogen-bond donors (Lipinski definition) is 0. The van der Waals surface area contributed by atoms with Gasteiger partial charge in [0.1, 0.15) is 6.54 Å². The van der Waals surface area contributed by atoms with E-state index in [2.05, 4.69) is 16.6 Å². The van der Waals surface area contributed by atoms with Crippen molar-refractivity contribution in [3.8, 4) is 0 Å². The van der Waals surface area contributed by atoms with Gasteiger partial charge in [-0.25, -0.2) is 0 Å². The number of anilines is 1. The van der Waals surface area contributed by atoms with Gasteiger partial charge in [0.05, 0.1) is 0 Å². The normalized spacial score (nSPS) is 7.31. The standard InChI is InChI=1S/C10H13N3.2ClH.Zn/c1-2-13(9-8-12-11)10-6-4-3-5-7-10;;;/h3-8H,2,9H2,1H3;2*1H;/q;;;+2/p-2. The predicted octanol–water partition coefficient (Wildman–Crippen LogP) is -4.18. The Morgan fingerprint density at radius 3 is 2.25 bits per heavy atom. The van der Waals surface area contributed by atoms with E-state index < -0.39 is 0 Å². The molecule has 0 aliphatic rings. The van der Waals surface area contributed by atoms with E-state index in [1.807, 2.05) is 30.3 Å². The van der Waals surface area contributed by atoms with Crippen LogP contribution in [0.15, 0.2) is 30.3 Å². The molecule has 1 aromatic rings. The molecule has 0 aromatic heterocycles. The van der Waals surface area contributed by atoms with Gasteiger partial charge < -0.3 is 35.2 Å². The Kier molecular flexibility index (Phi) is 16.6. The molecule has 0 heterocycles. The molecule has 1 aromatic carbocycles. The average molecular weight is 312 g/mol. The minimum absolute atomic E-state index is 0. The maximum absolute atomic E-state index is 8.30. The second kappa shape index (κ2) is 12.7. The summed E-state index contributed by atoms with van der Waals surface area (Å²) in [5.41, 5.74) is 9.44. The molecule has 0 saturated heterocycles. The summed E-state index contributed by atoms with van der Waals surface area (Å²) in [4.78, 5) is 5.09. The largest absolute Gasteiger partial charge is 2.00 e. The maximum Gasteiger partial charge on any atom is 2.00 e. The molecule has 0 fully saturated rings. The van der Waals surface area contributed by atoms with Crippen molar-refractivity contribution in [3.63, 3.8) is 0 Å². The first-order chi connectivity index (χ1) is 6.38. The van der Waals surface area contributed by atoms with Crippen LogP contribution in [0.25, 0.3) is 5.53 Å². The topological polar surface area (TPSA) is 39.6 Å². The number of nitrogens with zero attached hydrogens (tertiary/aromatic N) is 3. The zero-order chi connectivity index (χ0) is 9.52. The summed E-state index contributed by atoms with van der Waals surface area (Å²) in [5.74, 6) is 0. The molecule has 0 atom stereocenters. The number of hydrogen-bond acceptors (Lipinski definition) is 1. The van der Waals surface area contributed by atoms with Crippen molar-refractivity contribution in [2.24, 2.45) is 0 Å². The van der Waals surface area contributed by atoms with Crippen molar-refractivity contribution in [2.45, 2.75) is 6.92 Å². The average Bonchev–Trinajstić information content (AvgIpc) is 2.21. The van der Waals surface area contributed by atoms with Gasteiger partial charge in [-0.2, -0.15) is 4.79 Å². The third-order valence-electron chi connectivity index (χ3n) is 1.89. The van der Waals surface area contributed by atoms with E-state index >= 15 is 0 Å². The molecule has 0 spiro atoms. The van der Waals surface area contributed by atoms with Gasteiger partial charge in [-0.1, -0.05) is 18.2 Å². The smallest absolute Gasteiger partial charge is 1.00 e.